The van der Waals surface area contributed by atoms with Crippen LogP contribution in [0.4, 0.5) is 0 Å². The number of aryl methyl sites for hydroxylation is 1. The Balaban J connectivity index is 2.61. The smallest absolute Gasteiger partial charge is 0.306 e. The maximum Gasteiger partial charge on any atom is 0.333 e. The van der Waals surface area contributed by atoms with Crippen LogP contribution in [0.5, 0.6) is 0 Å². The molecule has 5 heteroatoms. The van der Waals surface area contributed by atoms with Gasteiger partial charge in [0.05, 0.1) is 5.52 Å². The van der Waals surface area contributed by atoms with Gasteiger partial charge in [-0.25, -0.2) is 9.20 Å². The molecule has 0 aliphatic heterocycles. The lowest BCUT2D eigenvalue weighted by molar-refractivity contribution is 0.875. The number of aromatic amines is 1. The van der Waals surface area contributed by atoms with Crippen molar-refractivity contribution in [2.24, 2.45) is 0 Å². The van der Waals surface area contributed by atoms with Crippen LogP contribution in [0.25, 0.3) is 16.6 Å². The van der Waals surface area contributed by atoms with E-state index in [4.69, 9.17) is 0 Å². The minimum Gasteiger partial charge on any atom is -0.306 e. The van der Waals surface area contributed by atoms with E-state index in [0.29, 0.717) is 17.9 Å². The van der Waals surface area contributed by atoms with Crippen LogP contribution < -0.4 is 5.69 Å². The van der Waals surface area contributed by atoms with Gasteiger partial charge in [-0.3, -0.25) is 0 Å². The van der Waals surface area contributed by atoms with E-state index in [2.05, 4.69) is 15.2 Å². The Morgan fingerprint density at radius 1 is 1.31 bits per heavy atom. The Morgan fingerprint density at radius 2 is 2.12 bits per heavy atom. The quantitative estimate of drug-likeness (QED) is 0.660. The SMILES string of the molecule is CCc1nnc2c3ccccc3[nH]c(=O)n12. The normalized spacial score (nSPS) is 11.3. The lowest BCUT2D eigenvalue weighted by Crippen LogP contribution is -2.18. The highest BCUT2D eigenvalue weighted by molar-refractivity contribution is 5.90. The molecule has 0 saturated carbocycles. The summed E-state index contributed by atoms with van der Waals surface area (Å²) in [6, 6.07) is 7.58. The van der Waals surface area contributed by atoms with Crippen LogP contribution in [0.2, 0.25) is 0 Å². The Bertz CT molecular complexity index is 726. The van der Waals surface area contributed by atoms with Crippen molar-refractivity contribution < 1.29 is 0 Å². The Labute approximate surface area is 90.8 Å². The van der Waals surface area contributed by atoms with E-state index in [-0.39, 0.29) is 5.69 Å². The first kappa shape index (κ1) is 9.08. The van der Waals surface area contributed by atoms with Gasteiger partial charge in [-0.2, -0.15) is 0 Å². The summed E-state index contributed by atoms with van der Waals surface area (Å²) in [5, 5.41) is 9.00. The number of H-pyrrole nitrogens is 1. The highest BCUT2D eigenvalue weighted by Crippen LogP contribution is 2.14. The zero-order valence-corrected chi connectivity index (χ0v) is 8.77. The van der Waals surface area contributed by atoms with Gasteiger partial charge in [0.25, 0.3) is 0 Å². The molecule has 0 bridgehead atoms. The fourth-order valence-corrected chi connectivity index (χ4v) is 1.89. The minimum absolute atomic E-state index is 0.185. The molecule has 3 aromatic rings. The van der Waals surface area contributed by atoms with Crippen LogP contribution in [-0.2, 0) is 6.42 Å². The van der Waals surface area contributed by atoms with Gasteiger partial charge in [0.15, 0.2) is 5.65 Å². The zero-order valence-electron chi connectivity index (χ0n) is 8.77. The standard InChI is InChI=1S/C11H10N4O/c1-2-9-13-14-10-7-5-3-4-6-8(7)12-11(16)15(9)10/h3-6H,2H2,1H3,(H,12,16). The van der Waals surface area contributed by atoms with Crippen LogP contribution in [0, 0.1) is 0 Å². The number of hydrogen-bond acceptors (Lipinski definition) is 3. The first-order valence-electron chi connectivity index (χ1n) is 5.16. The summed E-state index contributed by atoms with van der Waals surface area (Å²) in [5.41, 5.74) is 1.22. The number of aromatic nitrogens is 4. The van der Waals surface area contributed by atoms with Gasteiger partial charge >= 0.3 is 5.69 Å². The summed E-state index contributed by atoms with van der Waals surface area (Å²) < 4.78 is 1.53. The van der Waals surface area contributed by atoms with Gasteiger partial charge in [-0.05, 0) is 12.1 Å². The largest absolute Gasteiger partial charge is 0.333 e. The topological polar surface area (TPSA) is 63.0 Å². The first-order chi connectivity index (χ1) is 7.81. The number of nitrogens with zero attached hydrogens (tertiary/aromatic N) is 3. The molecule has 0 amide bonds. The van der Waals surface area contributed by atoms with E-state index in [9.17, 15) is 4.79 Å². The Hall–Kier alpha value is -2.17. The maximum absolute atomic E-state index is 11.9. The molecule has 0 atom stereocenters. The molecule has 1 aromatic carbocycles. The van der Waals surface area contributed by atoms with E-state index in [1.54, 1.807) is 0 Å². The summed E-state index contributed by atoms with van der Waals surface area (Å²) in [6.45, 7) is 1.95. The van der Waals surface area contributed by atoms with E-state index in [1.807, 2.05) is 31.2 Å². The molecule has 0 saturated heterocycles. The Kier molecular flexibility index (Phi) is 1.80. The number of nitrogens with one attached hydrogen (secondary N) is 1. The summed E-state index contributed by atoms with van der Waals surface area (Å²) >= 11 is 0. The second kappa shape index (κ2) is 3.16. The summed E-state index contributed by atoms with van der Waals surface area (Å²) in [4.78, 5) is 14.7. The molecule has 0 radical (unpaired) electrons. The van der Waals surface area contributed by atoms with E-state index in [1.165, 1.54) is 4.40 Å². The van der Waals surface area contributed by atoms with Crippen LogP contribution in [0.15, 0.2) is 29.1 Å². The van der Waals surface area contributed by atoms with Gasteiger partial charge in [-0.1, -0.05) is 19.1 Å². The molecule has 3 rings (SSSR count). The second-order valence-corrected chi connectivity index (χ2v) is 3.60. The predicted octanol–water partition coefficient (Wildman–Crippen LogP) is 1.13. The fraction of sp³-hybridized carbons (Fsp3) is 0.182. The Morgan fingerprint density at radius 3 is 2.94 bits per heavy atom. The zero-order chi connectivity index (χ0) is 11.1. The van der Waals surface area contributed by atoms with E-state index < -0.39 is 0 Å². The molecule has 80 valence electrons. The van der Waals surface area contributed by atoms with Gasteiger partial charge in [0, 0.05) is 11.8 Å². The average Bonchev–Trinajstić information content (AvgIpc) is 2.74. The van der Waals surface area contributed by atoms with Gasteiger partial charge in [-0.15, -0.1) is 10.2 Å². The van der Waals surface area contributed by atoms with Gasteiger partial charge in [0.2, 0.25) is 0 Å². The molecule has 0 fully saturated rings. The summed E-state index contributed by atoms with van der Waals surface area (Å²) in [6.07, 6.45) is 0.683. The fourth-order valence-electron chi connectivity index (χ4n) is 1.89. The number of rotatable bonds is 1. The first-order valence-corrected chi connectivity index (χ1v) is 5.16. The van der Waals surface area contributed by atoms with Crippen LogP contribution in [0.3, 0.4) is 0 Å². The minimum atomic E-state index is -0.185. The number of para-hydroxylation sites is 1. The van der Waals surface area contributed by atoms with Crippen molar-refractivity contribution in [3.63, 3.8) is 0 Å². The molecule has 5 nitrogen and oxygen atoms in total. The van der Waals surface area contributed by atoms with Crippen LogP contribution >= 0.6 is 0 Å². The van der Waals surface area contributed by atoms with Crippen LogP contribution in [-0.4, -0.2) is 19.6 Å². The third-order valence-electron chi connectivity index (χ3n) is 2.66. The molecule has 2 heterocycles. The summed E-state index contributed by atoms with van der Waals surface area (Å²) in [7, 11) is 0. The van der Waals surface area contributed by atoms with Crippen molar-refractivity contribution in [1.29, 1.82) is 0 Å². The predicted molar refractivity (Wildman–Crippen MR) is 60.5 cm³/mol. The van der Waals surface area contributed by atoms with Crippen molar-refractivity contribution in [2.45, 2.75) is 13.3 Å². The van der Waals surface area contributed by atoms with Crippen molar-refractivity contribution in [3.05, 3.63) is 40.6 Å². The molecule has 0 unspecified atom stereocenters. The number of benzene rings is 1. The lowest BCUT2D eigenvalue weighted by Gasteiger charge is -1.99. The third kappa shape index (κ3) is 1.08. The van der Waals surface area contributed by atoms with Gasteiger partial charge in [0.1, 0.15) is 5.82 Å². The molecule has 0 aliphatic carbocycles. The third-order valence-corrected chi connectivity index (χ3v) is 2.66. The van der Waals surface area contributed by atoms with Gasteiger partial charge < -0.3 is 4.98 Å². The number of hydrogen-bond donors (Lipinski definition) is 1. The number of fused-ring (bicyclic) bond motifs is 3. The van der Waals surface area contributed by atoms with E-state index >= 15 is 0 Å². The van der Waals surface area contributed by atoms with Crippen LogP contribution in [0.1, 0.15) is 12.7 Å². The molecule has 1 N–H and O–H groups in total. The highest BCUT2D eigenvalue weighted by Gasteiger charge is 2.10. The molecular weight excluding hydrogens is 204 g/mol. The molecular formula is C11H10N4O. The van der Waals surface area contributed by atoms with E-state index in [0.717, 1.165) is 10.9 Å². The average molecular weight is 214 g/mol. The lowest BCUT2D eigenvalue weighted by atomic mass is 10.2. The maximum atomic E-state index is 11.9. The van der Waals surface area contributed by atoms with Crippen molar-refractivity contribution >= 4 is 16.6 Å². The molecule has 0 spiro atoms. The summed E-state index contributed by atoms with van der Waals surface area (Å²) in [5.74, 6) is 0.682. The monoisotopic (exact) mass is 214 g/mol. The molecule has 16 heavy (non-hydrogen) atoms. The van der Waals surface area contributed by atoms with Crippen molar-refractivity contribution in [3.8, 4) is 0 Å². The molecule has 2 aromatic heterocycles. The van der Waals surface area contributed by atoms with Crippen molar-refractivity contribution in [2.75, 3.05) is 0 Å². The second-order valence-electron chi connectivity index (χ2n) is 3.60. The highest BCUT2D eigenvalue weighted by atomic mass is 16.1. The van der Waals surface area contributed by atoms with Crippen molar-refractivity contribution in [1.82, 2.24) is 19.6 Å². The molecule has 0 aliphatic rings.